The molecule has 0 aliphatic rings. The number of hydrogen-bond donors (Lipinski definition) is 34. The SMILES string of the molecule is CC(C)[C@H](N)C(=O)O.NC(=O)CC[C@H](N)C(=O)O.NC(=O)CC[C@H](N)C(=O)O.NC(=O)CC[C@H](N)C(=O)O.NC(=O)CC[C@H](N)C(=O)O.NCC(=O)O.N[C@@H](CCC(=O)O)C(=O)O.N[C@@H](CO)C(=O)O.N[C@@H](CO)C(=O)O.N[C@@H](CO)C(=O)O.N[C@@H](CO)C(=O)O.N[C@@H](CO)C(=O)O. The molecule has 0 aromatic rings. The molecule has 51 heteroatoms. The van der Waals surface area contributed by atoms with E-state index < -0.39 is 201 Å². The van der Waals surface area contributed by atoms with Crippen LogP contribution in [0.25, 0.3) is 0 Å². The Kier molecular flexibility index (Phi) is 88.1. The summed E-state index contributed by atoms with van der Waals surface area (Å²) in [6, 6.07) is -11.3. The van der Waals surface area contributed by atoms with E-state index in [-0.39, 0.29) is 76.7 Å². The van der Waals surface area contributed by atoms with Crippen molar-refractivity contribution in [3.05, 3.63) is 0 Å². The molecule has 0 rings (SSSR count). The highest BCUT2D eigenvalue weighted by atomic mass is 16.4. The van der Waals surface area contributed by atoms with Gasteiger partial charge < -0.3 is 184 Å². The zero-order valence-electron chi connectivity index (χ0n) is 53.0. The molecule has 4 amide bonds. The number of carbonyl (C=O) groups is 17. The Morgan fingerprint density at radius 1 is 0.245 bits per heavy atom. The van der Waals surface area contributed by atoms with E-state index in [0.29, 0.717) is 0 Å². The Morgan fingerprint density at radius 3 is 0.429 bits per heavy atom. The fourth-order valence-corrected chi connectivity index (χ4v) is 2.76. The highest BCUT2D eigenvalue weighted by molar-refractivity contribution is 5.80. The monoisotopic (exact) mass is 1450 g/mol. The van der Waals surface area contributed by atoms with Gasteiger partial charge in [-0.05, 0) is 38.0 Å². The van der Waals surface area contributed by atoms with Crippen molar-refractivity contribution < 1.29 is 173 Å². The lowest BCUT2D eigenvalue weighted by molar-refractivity contribution is -0.141. The molecule has 51 nitrogen and oxygen atoms in total. The fourth-order valence-electron chi connectivity index (χ4n) is 2.76. The van der Waals surface area contributed by atoms with Crippen molar-refractivity contribution in [3.8, 4) is 0 Å². The molecule has 0 radical (unpaired) electrons. The molecule has 0 aromatic carbocycles. The van der Waals surface area contributed by atoms with Gasteiger partial charge in [0.25, 0.3) is 0 Å². The van der Waals surface area contributed by atoms with Gasteiger partial charge in [0.1, 0.15) is 66.5 Å². The van der Waals surface area contributed by atoms with Crippen LogP contribution in [-0.2, 0) is 81.5 Å². The number of amides is 4. The van der Waals surface area contributed by atoms with Crippen LogP contribution in [0.1, 0.15) is 78.1 Å². The zero-order valence-corrected chi connectivity index (χ0v) is 53.0. The fraction of sp³-hybridized carbons (Fsp3) is 0.638. The molecule has 578 valence electrons. The topological polar surface area (TPSA) is 1070 Å². The third kappa shape index (κ3) is 111. The van der Waals surface area contributed by atoms with E-state index in [0.717, 1.165) is 0 Å². The number of primary amides is 4. The van der Waals surface area contributed by atoms with E-state index in [1.54, 1.807) is 13.8 Å². The van der Waals surface area contributed by atoms with Crippen LogP contribution in [0.15, 0.2) is 0 Å². The van der Waals surface area contributed by atoms with Crippen LogP contribution in [0, 0.1) is 5.92 Å². The van der Waals surface area contributed by atoms with Crippen LogP contribution in [0.3, 0.4) is 0 Å². The third-order valence-corrected chi connectivity index (χ3v) is 8.81. The number of rotatable bonds is 33. The van der Waals surface area contributed by atoms with Gasteiger partial charge >= 0.3 is 77.6 Å². The van der Waals surface area contributed by atoms with Crippen LogP contribution < -0.4 is 91.7 Å². The maximum Gasteiger partial charge on any atom is 0.322 e. The summed E-state index contributed by atoms with van der Waals surface area (Å²) in [5.41, 5.74) is 77.8. The second-order valence-electron chi connectivity index (χ2n) is 18.0. The molecule has 11 atom stereocenters. The molecule has 50 N–H and O–H groups in total. The quantitative estimate of drug-likeness (QED) is 0.0290. The maximum atomic E-state index is 10.1. The highest BCUT2D eigenvalue weighted by Crippen LogP contribution is 1.97. The van der Waals surface area contributed by atoms with Crippen LogP contribution in [0.4, 0.5) is 0 Å². The first-order valence-electron chi connectivity index (χ1n) is 26.6. The smallest absolute Gasteiger partial charge is 0.322 e. The first-order valence-corrected chi connectivity index (χ1v) is 26.6. The second kappa shape index (κ2) is 74.7. The van der Waals surface area contributed by atoms with Crippen molar-refractivity contribution >= 4 is 101 Å². The number of carboxylic acids is 13. The Hall–Kier alpha value is -9.69. The van der Waals surface area contributed by atoms with E-state index in [1.807, 2.05) is 0 Å². The van der Waals surface area contributed by atoms with Gasteiger partial charge in [0.05, 0.1) is 39.6 Å². The molecule has 98 heavy (non-hydrogen) atoms. The van der Waals surface area contributed by atoms with Crippen molar-refractivity contribution in [2.75, 3.05) is 39.6 Å². The van der Waals surface area contributed by atoms with Gasteiger partial charge in [-0.3, -0.25) is 81.5 Å². The van der Waals surface area contributed by atoms with Gasteiger partial charge in [-0.15, -0.1) is 0 Å². The average Bonchev–Trinajstić information content (AvgIpc) is 3.70. The number of hydrogen-bond acceptors (Lipinski definition) is 34. The van der Waals surface area contributed by atoms with Crippen LogP contribution in [-0.4, -0.2) is 299 Å². The van der Waals surface area contributed by atoms with Crippen molar-refractivity contribution in [2.24, 2.45) is 97.7 Å². The molecule has 0 saturated carbocycles. The van der Waals surface area contributed by atoms with Gasteiger partial charge in [0, 0.05) is 32.1 Å². The van der Waals surface area contributed by atoms with E-state index in [1.165, 1.54) is 0 Å². The molecule has 0 heterocycles. The van der Waals surface area contributed by atoms with E-state index >= 15 is 0 Å². The van der Waals surface area contributed by atoms with Gasteiger partial charge in [0.2, 0.25) is 23.6 Å². The molecular formula is C47H100N16O35. The number of carboxylic acid groups (broad SMARTS) is 13. The molecule has 0 aliphatic heterocycles. The maximum absolute atomic E-state index is 10.1. The first kappa shape index (κ1) is 116. The molecular weight excluding hydrogens is 1350 g/mol. The molecule has 0 bridgehead atoms. The van der Waals surface area contributed by atoms with Crippen molar-refractivity contribution in [1.29, 1.82) is 0 Å². The summed E-state index contributed by atoms with van der Waals surface area (Å²) in [5.74, 6) is -16.5. The first-order chi connectivity index (χ1) is 44.4. The molecule has 0 unspecified atom stereocenters. The van der Waals surface area contributed by atoms with Gasteiger partial charge in [-0.1, -0.05) is 13.8 Å². The Morgan fingerprint density at radius 2 is 0.378 bits per heavy atom. The summed E-state index contributed by atoms with van der Waals surface area (Å²) in [4.78, 5) is 168. The number of carbonyl (C=O) groups excluding carboxylic acids is 4. The summed E-state index contributed by atoms with van der Waals surface area (Å²) in [6.45, 7) is 0.752. The summed E-state index contributed by atoms with van der Waals surface area (Å²) in [7, 11) is 0. The molecule has 0 aromatic heterocycles. The standard InChI is InChI=1S/4C5H10N2O3.C5H9NO4.C5H11NO2.5C3H7NO3.C2H5NO2/c5*6-3(5(9)10)1-2-4(7)8;1-3(2)4(6)5(7)8;5*4-2(1-5)3(6)7;3-1-2(4)5/h4*3H,1-2,6H2,(H2,7,8)(H,9,10);3H,1-2,6H2,(H,7,8)(H,9,10);3-4H,6H2,1-2H3,(H,7,8);5*2,5H,1,4H2,(H,6,7);1,3H2,(H,4,5)/t5*3-;4-;5*2-;/m00000000000./s1. The number of nitrogens with two attached hydrogens (primary N) is 16. The normalized spacial score (nSPS) is 12.7. The van der Waals surface area contributed by atoms with Gasteiger partial charge in [-0.25, -0.2) is 0 Å². The lowest BCUT2D eigenvalue weighted by atomic mass is 10.1. The van der Waals surface area contributed by atoms with Crippen molar-refractivity contribution in [1.82, 2.24) is 0 Å². The number of aliphatic hydroxyl groups is 5. The van der Waals surface area contributed by atoms with Gasteiger partial charge in [-0.2, -0.15) is 0 Å². The largest absolute Gasteiger partial charge is 0.481 e. The lowest BCUT2D eigenvalue weighted by Crippen LogP contribution is -2.34. The Balaban J connectivity index is -0.0000000827. The zero-order chi connectivity index (χ0) is 81.1. The minimum absolute atomic E-state index is 0.0208. The molecule has 0 fully saturated rings. The third-order valence-electron chi connectivity index (χ3n) is 8.81. The second-order valence-corrected chi connectivity index (χ2v) is 18.0. The predicted molar refractivity (Wildman–Crippen MR) is 329 cm³/mol. The number of aliphatic carboxylic acids is 13. The van der Waals surface area contributed by atoms with Crippen LogP contribution >= 0.6 is 0 Å². The summed E-state index contributed by atoms with van der Waals surface area (Å²) < 4.78 is 0. The molecule has 0 saturated heterocycles. The summed E-state index contributed by atoms with van der Waals surface area (Å²) in [6.07, 6.45) is 0.269. The van der Waals surface area contributed by atoms with Gasteiger partial charge in [0.15, 0.2) is 0 Å². The summed E-state index contributed by atoms with van der Waals surface area (Å²) >= 11 is 0. The minimum atomic E-state index is -1.18. The van der Waals surface area contributed by atoms with Crippen LogP contribution in [0.2, 0.25) is 0 Å². The van der Waals surface area contributed by atoms with Crippen molar-refractivity contribution in [2.45, 2.75) is 145 Å². The Labute approximate surface area is 555 Å². The highest BCUT2D eigenvalue weighted by Gasteiger charge is 2.17. The van der Waals surface area contributed by atoms with E-state index in [4.69, 9.17) is 178 Å². The van der Waals surface area contributed by atoms with E-state index in [9.17, 15) is 81.5 Å². The minimum Gasteiger partial charge on any atom is -0.481 e. The lowest BCUT2D eigenvalue weighted by Gasteiger charge is -2.07. The van der Waals surface area contributed by atoms with E-state index in [2.05, 4.69) is 5.73 Å². The Bertz CT molecular complexity index is 2000. The average molecular weight is 1450 g/mol. The molecule has 0 aliphatic carbocycles. The number of aliphatic hydroxyl groups excluding tert-OH is 5. The van der Waals surface area contributed by atoms with Crippen molar-refractivity contribution in [3.63, 3.8) is 0 Å². The summed E-state index contributed by atoms with van der Waals surface area (Å²) in [5, 5.41) is 144. The van der Waals surface area contributed by atoms with Crippen LogP contribution in [0.5, 0.6) is 0 Å². The predicted octanol–water partition coefficient (Wildman–Crippen LogP) is -15.0. The molecule has 0 spiro atoms.